The van der Waals surface area contributed by atoms with Crippen molar-refractivity contribution in [3.8, 4) is 0 Å². The van der Waals surface area contributed by atoms with Gasteiger partial charge in [-0.15, -0.1) is 0 Å². The van der Waals surface area contributed by atoms with Gasteiger partial charge in [0.25, 0.3) is 0 Å². The normalized spacial score (nSPS) is 10.6. The molecule has 0 radical (unpaired) electrons. The molecule has 0 saturated carbocycles. The molecule has 1 rings (SSSR count). The fourth-order valence-corrected chi connectivity index (χ4v) is 1.25. The third kappa shape index (κ3) is 4.12. The molecule has 5 nitrogen and oxygen atoms in total. The molecule has 1 heterocycles. The average molecular weight is 226 g/mol. The molecule has 0 N–H and O–H groups in total. The van der Waals surface area contributed by atoms with E-state index in [1.807, 2.05) is 0 Å². The molecule has 5 heteroatoms. The minimum atomic E-state index is -0.0431. The van der Waals surface area contributed by atoms with Crippen LogP contribution in [-0.2, 0) is 16.0 Å². The maximum Gasteiger partial charge on any atom is 0.191 e. The second-order valence-corrected chi connectivity index (χ2v) is 3.46. The molecular weight excluding hydrogens is 208 g/mol. The molecule has 0 amide bonds. The van der Waals surface area contributed by atoms with E-state index in [4.69, 9.17) is 9.47 Å². The Morgan fingerprint density at radius 1 is 1.50 bits per heavy atom. The summed E-state index contributed by atoms with van der Waals surface area (Å²) in [6, 6.07) is 0. The van der Waals surface area contributed by atoms with Crippen LogP contribution in [0, 0.1) is 0 Å². The van der Waals surface area contributed by atoms with E-state index >= 15 is 0 Å². The average Bonchev–Trinajstić information content (AvgIpc) is 2.73. The number of hydrogen-bond acceptors (Lipinski definition) is 4. The van der Waals surface area contributed by atoms with Gasteiger partial charge in [-0.05, 0) is 6.42 Å². The minimum Gasteiger partial charge on any atom is -0.382 e. The lowest BCUT2D eigenvalue weighted by Crippen LogP contribution is -2.11. The van der Waals surface area contributed by atoms with Crippen LogP contribution in [0.4, 0.5) is 0 Å². The van der Waals surface area contributed by atoms with Crippen LogP contribution in [0.3, 0.4) is 0 Å². The zero-order chi connectivity index (χ0) is 11.8. The fraction of sp³-hybridized carbons (Fsp3) is 0.636. The van der Waals surface area contributed by atoms with Gasteiger partial charge in [0.2, 0.25) is 0 Å². The maximum absolute atomic E-state index is 11.6. The Bertz CT molecular complexity index is 323. The number of rotatable bonds is 8. The van der Waals surface area contributed by atoms with Gasteiger partial charge < -0.3 is 9.47 Å². The Hall–Kier alpha value is -1.20. The number of carbonyl (C=O) groups is 1. The van der Waals surface area contributed by atoms with Gasteiger partial charge in [0.05, 0.1) is 25.0 Å². The Morgan fingerprint density at radius 2 is 2.31 bits per heavy atom. The number of hydrogen-bond donors (Lipinski definition) is 0. The van der Waals surface area contributed by atoms with Crippen LogP contribution in [0.25, 0.3) is 0 Å². The molecule has 0 saturated heterocycles. The third-order valence-electron chi connectivity index (χ3n) is 2.07. The van der Waals surface area contributed by atoms with Gasteiger partial charge in [-0.1, -0.05) is 6.92 Å². The molecule has 0 unspecified atom stereocenters. The summed E-state index contributed by atoms with van der Waals surface area (Å²) in [6.45, 7) is 3.92. The summed E-state index contributed by atoms with van der Waals surface area (Å²) >= 11 is 0. The Labute approximate surface area is 95.3 Å². The van der Waals surface area contributed by atoms with Gasteiger partial charge in [0.15, 0.2) is 5.78 Å². The molecule has 0 spiro atoms. The van der Waals surface area contributed by atoms with E-state index in [0.717, 1.165) is 13.0 Å². The van der Waals surface area contributed by atoms with E-state index in [2.05, 4.69) is 12.0 Å². The van der Waals surface area contributed by atoms with Gasteiger partial charge >= 0.3 is 0 Å². The Kier molecular flexibility index (Phi) is 5.74. The number of nitrogens with zero attached hydrogens (tertiary/aromatic N) is 2. The van der Waals surface area contributed by atoms with E-state index in [1.54, 1.807) is 24.2 Å². The summed E-state index contributed by atoms with van der Waals surface area (Å²) in [5.41, 5.74) is 0.603. The summed E-state index contributed by atoms with van der Waals surface area (Å²) in [6.07, 6.45) is 4.34. The van der Waals surface area contributed by atoms with Crippen molar-refractivity contribution in [3.63, 3.8) is 0 Å². The van der Waals surface area contributed by atoms with Crippen LogP contribution in [-0.4, -0.2) is 42.5 Å². The highest BCUT2D eigenvalue weighted by Gasteiger charge is 2.08. The first-order chi connectivity index (χ1) is 7.77. The van der Waals surface area contributed by atoms with E-state index in [-0.39, 0.29) is 12.4 Å². The van der Waals surface area contributed by atoms with E-state index in [9.17, 15) is 4.79 Å². The highest BCUT2D eigenvalue weighted by atomic mass is 16.5. The molecule has 0 bridgehead atoms. The van der Waals surface area contributed by atoms with Crippen LogP contribution >= 0.6 is 0 Å². The van der Waals surface area contributed by atoms with Crippen LogP contribution in [0.1, 0.15) is 23.7 Å². The summed E-state index contributed by atoms with van der Waals surface area (Å²) in [5, 5.41) is 4.09. The molecule has 16 heavy (non-hydrogen) atoms. The molecule has 0 aromatic carbocycles. The smallest absolute Gasteiger partial charge is 0.191 e. The molecule has 90 valence electrons. The summed E-state index contributed by atoms with van der Waals surface area (Å²) < 4.78 is 11.7. The minimum absolute atomic E-state index is 0.0431. The maximum atomic E-state index is 11.6. The predicted molar refractivity (Wildman–Crippen MR) is 59.5 cm³/mol. The van der Waals surface area contributed by atoms with Crippen LogP contribution in [0.2, 0.25) is 0 Å². The van der Waals surface area contributed by atoms with Crippen LogP contribution in [0.5, 0.6) is 0 Å². The quantitative estimate of drug-likeness (QED) is 0.492. The number of ketones is 1. The first kappa shape index (κ1) is 12.9. The van der Waals surface area contributed by atoms with Crippen molar-refractivity contribution in [1.29, 1.82) is 0 Å². The largest absolute Gasteiger partial charge is 0.382 e. The third-order valence-corrected chi connectivity index (χ3v) is 2.07. The molecule has 0 fully saturated rings. The second-order valence-electron chi connectivity index (χ2n) is 3.46. The zero-order valence-corrected chi connectivity index (χ0v) is 9.81. The number of aromatic nitrogens is 2. The molecule has 0 aliphatic carbocycles. The van der Waals surface area contributed by atoms with Crippen LogP contribution < -0.4 is 0 Å². The lowest BCUT2D eigenvalue weighted by molar-refractivity contribution is 0.0577. The second kappa shape index (κ2) is 7.14. The zero-order valence-electron chi connectivity index (χ0n) is 9.81. The van der Waals surface area contributed by atoms with Crippen molar-refractivity contribution >= 4 is 5.78 Å². The monoisotopic (exact) mass is 226 g/mol. The van der Waals surface area contributed by atoms with Gasteiger partial charge in [-0.2, -0.15) is 5.10 Å². The molecular formula is C11H18N2O3. The SMILES string of the molecule is CCCn1cc(C(=O)COCCOC)cn1. The molecule has 0 aliphatic heterocycles. The van der Waals surface area contributed by atoms with Crippen molar-refractivity contribution in [1.82, 2.24) is 9.78 Å². The van der Waals surface area contributed by atoms with Crippen molar-refractivity contribution in [2.75, 3.05) is 26.9 Å². The predicted octanol–water partition coefficient (Wildman–Crippen LogP) is 1.14. The van der Waals surface area contributed by atoms with Crippen LogP contribution in [0.15, 0.2) is 12.4 Å². The topological polar surface area (TPSA) is 53.4 Å². The first-order valence-electron chi connectivity index (χ1n) is 5.40. The van der Waals surface area contributed by atoms with E-state index in [1.165, 1.54) is 0 Å². The lowest BCUT2D eigenvalue weighted by Gasteiger charge is -2.00. The van der Waals surface area contributed by atoms with Crippen molar-refractivity contribution in [2.24, 2.45) is 0 Å². The van der Waals surface area contributed by atoms with Gasteiger partial charge in [0.1, 0.15) is 6.61 Å². The van der Waals surface area contributed by atoms with Crippen molar-refractivity contribution in [2.45, 2.75) is 19.9 Å². The van der Waals surface area contributed by atoms with E-state index < -0.39 is 0 Å². The summed E-state index contributed by atoms with van der Waals surface area (Å²) in [7, 11) is 1.60. The number of ether oxygens (including phenoxy) is 2. The van der Waals surface area contributed by atoms with Crippen molar-refractivity contribution in [3.05, 3.63) is 18.0 Å². The van der Waals surface area contributed by atoms with Gasteiger partial charge in [-0.25, -0.2) is 0 Å². The Balaban J connectivity index is 2.34. The number of carbonyl (C=O) groups excluding carboxylic acids is 1. The standard InChI is InChI=1S/C11H18N2O3/c1-3-4-13-8-10(7-12-13)11(14)9-16-6-5-15-2/h7-8H,3-6,9H2,1-2H3. The first-order valence-corrected chi connectivity index (χ1v) is 5.40. The highest BCUT2D eigenvalue weighted by Crippen LogP contribution is 2.00. The number of Topliss-reactive ketones (excluding diaryl/α,β-unsaturated/α-hetero) is 1. The highest BCUT2D eigenvalue weighted by molar-refractivity contribution is 5.96. The molecule has 0 atom stereocenters. The molecule has 1 aromatic rings. The summed E-state index contributed by atoms with van der Waals surface area (Å²) in [4.78, 5) is 11.6. The van der Waals surface area contributed by atoms with Gasteiger partial charge in [0, 0.05) is 19.9 Å². The Morgan fingerprint density at radius 3 is 3.00 bits per heavy atom. The van der Waals surface area contributed by atoms with E-state index in [0.29, 0.717) is 18.8 Å². The summed E-state index contributed by atoms with van der Waals surface area (Å²) in [5.74, 6) is -0.0431. The molecule has 1 aromatic heterocycles. The number of methoxy groups -OCH3 is 1. The number of aryl methyl sites for hydroxylation is 1. The van der Waals surface area contributed by atoms with Crippen molar-refractivity contribution < 1.29 is 14.3 Å². The van der Waals surface area contributed by atoms with Gasteiger partial charge in [-0.3, -0.25) is 9.48 Å². The fourth-order valence-electron chi connectivity index (χ4n) is 1.25. The lowest BCUT2D eigenvalue weighted by atomic mass is 10.2. The molecule has 0 aliphatic rings.